The quantitative estimate of drug-likeness (QED) is 0.587. The number of hydrogen-bond donors (Lipinski definition) is 2. The number of nitriles is 1. The molecule has 0 aromatic heterocycles. The average molecular weight is 376 g/mol. The lowest BCUT2D eigenvalue weighted by molar-refractivity contribution is -0.112. The summed E-state index contributed by atoms with van der Waals surface area (Å²) in [5.41, 5.74) is 1.38. The molecule has 25 heavy (non-hydrogen) atoms. The molecule has 2 N–H and O–H groups in total. The number of methoxy groups -OCH3 is 1. The van der Waals surface area contributed by atoms with Gasteiger partial charge < -0.3 is 15.4 Å². The predicted octanol–water partition coefficient (Wildman–Crippen LogP) is 4.14. The van der Waals surface area contributed by atoms with E-state index in [0.717, 1.165) is 11.3 Å². The summed E-state index contributed by atoms with van der Waals surface area (Å²) in [6, 6.07) is 14.0. The first-order valence-electron chi connectivity index (χ1n) is 7.26. The second kappa shape index (κ2) is 8.97. The molecule has 0 saturated carbocycles. The van der Waals surface area contributed by atoms with Gasteiger partial charge in [-0.1, -0.05) is 35.3 Å². The molecule has 0 aliphatic rings. The lowest BCUT2D eigenvalue weighted by Crippen LogP contribution is -2.16. The Morgan fingerprint density at radius 1 is 1.20 bits per heavy atom. The summed E-state index contributed by atoms with van der Waals surface area (Å²) >= 11 is 11.7. The van der Waals surface area contributed by atoms with Crippen molar-refractivity contribution in [3.63, 3.8) is 0 Å². The van der Waals surface area contributed by atoms with Crippen LogP contribution >= 0.6 is 23.2 Å². The van der Waals surface area contributed by atoms with Crippen molar-refractivity contribution in [3.8, 4) is 11.8 Å². The van der Waals surface area contributed by atoms with Crippen LogP contribution in [0.25, 0.3) is 0 Å². The van der Waals surface area contributed by atoms with Crippen molar-refractivity contribution in [1.29, 1.82) is 5.26 Å². The summed E-state index contributed by atoms with van der Waals surface area (Å²) in [6.07, 6.45) is 1.37. The van der Waals surface area contributed by atoms with E-state index in [1.54, 1.807) is 19.2 Å². The Balaban J connectivity index is 1.97. The number of nitrogens with zero attached hydrogens (tertiary/aromatic N) is 1. The Hall–Kier alpha value is -2.68. The molecule has 0 unspecified atom stereocenters. The SMILES string of the molecule is COc1ccc(CN/C=C(/C#N)C(=O)Nc2ccc(Cl)c(Cl)c2)cc1. The molecule has 5 nitrogen and oxygen atoms in total. The lowest BCUT2D eigenvalue weighted by atomic mass is 10.2. The molecule has 2 aromatic rings. The summed E-state index contributed by atoms with van der Waals surface area (Å²) < 4.78 is 5.09. The van der Waals surface area contributed by atoms with Crippen molar-refractivity contribution in [1.82, 2.24) is 5.32 Å². The fraction of sp³-hybridized carbons (Fsp3) is 0.111. The van der Waals surface area contributed by atoms with Gasteiger partial charge >= 0.3 is 0 Å². The molecule has 0 saturated heterocycles. The van der Waals surface area contributed by atoms with Crippen LogP contribution < -0.4 is 15.4 Å². The first-order chi connectivity index (χ1) is 12.0. The second-order valence-electron chi connectivity index (χ2n) is 4.98. The smallest absolute Gasteiger partial charge is 0.267 e. The van der Waals surface area contributed by atoms with Crippen molar-refractivity contribution >= 4 is 34.8 Å². The van der Waals surface area contributed by atoms with Gasteiger partial charge in [0.15, 0.2) is 0 Å². The maximum absolute atomic E-state index is 12.1. The van der Waals surface area contributed by atoms with E-state index in [2.05, 4.69) is 10.6 Å². The molecule has 0 fully saturated rings. The van der Waals surface area contributed by atoms with Crippen molar-refractivity contribution in [2.75, 3.05) is 12.4 Å². The summed E-state index contributed by atoms with van der Waals surface area (Å²) in [4.78, 5) is 12.1. The molecule has 0 atom stereocenters. The fourth-order valence-electron chi connectivity index (χ4n) is 1.94. The number of carbonyl (C=O) groups excluding carboxylic acids is 1. The Bertz CT molecular complexity index is 827. The molecule has 0 aliphatic heterocycles. The van der Waals surface area contributed by atoms with Crippen LogP contribution in [0.5, 0.6) is 5.75 Å². The minimum atomic E-state index is -0.539. The minimum absolute atomic E-state index is 0.0559. The summed E-state index contributed by atoms with van der Waals surface area (Å²) in [5.74, 6) is 0.223. The molecule has 1 amide bonds. The highest BCUT2D eigenvalue weighted by molar-refractivity contribution is 6.42. The number of ether oxygens (including phenoxy) is 1. The number of halogens is 2. The van der Waals surface area contributed by atoms with Gasteiger partial charge in [-0.25, -0.2) is 0 Å². The molecule has 2 aromatic carbocycles. The highest BCUT2D eigenvalue weighted by Crippen LogP contribution is 2.25. The average Bonchev–Trinajstić information content (AvgIpc) is 2.62. The van der Waals surface area contributed by atoms with Crippen LogP contribution in [0.15, 0.2) is 54.2 Å². The van der Waals surface area contributed by atoms with Crippen molar-refractivity contribution in [2.24, 2.45) is 0 Å². The first-order valence-corrected chi connectivity index (χ1v) is 8.02. The van der Waals surface area contributed by atoms with Gasteiger partial charge in [-0.3, -0.25) is 4.79 Å². The van der Waals surface area contributed by atoms with Gasteiger partial charge in [0.25, 0.3) is 5.91 Å². The van der Waals surface area contributed by atoms with Gasteiger partial charge in [0.05, 0.1) is 17.2 Å². The van der Waals surface area contributed by atoms with E-state index in [1.165, 1.54) is 12.3 Å². The van der Waals surface area contributed by atoms with Crippen molar-refractivity contribution in [3.05, 3.63) is 69.8 Å². The van der Waals surface area contributed by atoms with E-state index in [0.29, 0.717) is 22.3 Å². The first kappa shape index (κ1) is 18.7. The monoisotopic (exact) mass is 375 g/mol. The third-order valence-electron chi connectivity index (χ3n) is 3.25. The molecule has 0 bridgehead atoms. The molecular weight excluding hydrogens is 361 g/mol. The van der Waals surface area contributed by atoms with Crippen LogP contribution in [-0.4, -0.2) is 13.0 Å². The largest absolute Gasteiger partial charge is 0.497 e. The number of rotatable bonds is 6. The van der Waals surface area contributed by atoms with Gasteiger partial charge in [-0.15, -0.1) is 0 Å². The van der Waals surface area contributed by atoms with Gasteiger partial charge in [0.2, 0.25) is 0 Å². The highest BCUT2D eigenvalue weighted by atomic mass is 35.5. The van der Waals surface area contributed by atoms with E-state index < -0.39 is 5.91 Å². The van der Waals surface area contributed by atoms with Crippen LogP contribution in [0.4, 0.5) is 5.69 Å². The van der Waals surface area contributed by atoms with Crippen LogP contribution in [0, 0.1) is 11.3 Å². The third kappa shape index (κ3) is 5.42. The maximum Gasteiger partial charge on any atom is 0.267 e. The van der Waals surface area contributed by atoms with Crippen LogP contribution in [0.2, 0.25) is 10.0 Å². The topological polar surface area (TPSA) is 74.1 Å². The van der Waals surface area contributed by atoms with Crippen LogP contribution in [-0.2, 0) is 11.3 Å². The third-order valence-corrected chi connectivity index (χ3v) is 3.99. The summed E-state index contributed by atoms with van der Waals surface area (Å²) in [5, 5.41) is 15.4. The molecule has 128 valence electrons. The zero-order valence-electron chi connectivity index (χ0n) is 13.3. The highest BCUT2D eigenvalue weighted by Gasteiger charge is 2.10. The Morgan fingerprint density at radius 3 is 2.52 bits per heavy atom. The van der Waals surface area contributed by atoms with Crippen molar-refractivity contribution in [2.45, 2.75) is 6.54 Å². The molecule has 7 heteroatoms. The zero-order valence-corrected chi connectivity index (χ0v) is 14.9. The van der Waals surface area contributed by atoms with Gasteiger partial charge in [-0.05, 0) is 35.9 Å². The predicted molar refractivity (Wildman–Crippen MR) is 98.6 cm³/mol. The molecule has 0 spiro atoms. The van der Waals surface area contributed by atoms with E-state index in [9.17, 15) is 4.79 Å². The summed E-state index contributed by atoms with van der Waals surface area (Å²) in [6.45, 7) is 0.467. The van der Waals surface area contributed by atoms with Crippen LogP contribution in [0.3, 0.4) is 0 Å². The molecular formula is C18H15Cl2N3O2. The number of amides is 1. The number of hydrogen-bond acceptors (Lipinski definition) is 4. The Kier molecular flexibility index (Phi) is 6.70. The number of benzene rings is 2. The zero-order chi connectivity index (χ0) is 18.2. The van der Waals surface area contributed by atoms with Gasteiger partial charge in [0.1, 0.15) is 17.4 Å². The molecule has 2 rings (SSSR count). The fourth-order valence-corrected chi connectivity index (χ4v) is 2.23. The van der Waals surface area contributed by atoms with Gasteiger partial charge in [-0.2, -0.15) is 5.26 Å². The van der Waals surface area contributed by atoms with Gasteiger partial charge in [0, 0.05) is 18.4 Å². The molecule has 0 aliphatic carbocycles. The van der Waals surface area contributed by atoms with E-state index >= 15 is 0 Å². The van der Waals surface area contributed by atoms with Crippen molar-refractivity contribution < 1.29 is 9.53 Å². The number of anilines is 1. The van der Waals surface area contributed by atoms with E-state index in [4.69, 9.17) is 33.2 Å². The van der Waals surface area contributed by atoms with E-state index in [-0.39, 0.29) is 5.57 Å². The molecule has 0 heterocycles. The Morgan fingerprint density at radius 2 is 1.92 bits per heavy atom. The molecule has 0 radical (unpaired) electrons. The van der Waals surface area contributed by atoms with Crippen LogP contribution in [0.1, 0.15) is 5.56 Å². The lowest BCUT2D eigenvalue weighted by Gasteiger charge is -2.07. The maximum atomic E-state index is 12.1. The summed E-state index contributed by atoms with van der Waals surface area (Å²) in [7, 11) is 1.60. The standard InChI is InChI=1S/C18H15Cl2N3O2/c1-25-15-5-2-12(3-6-15)10-22-11-13(9-21)18(24)23-14-4-7-16(19)17(20)8-14/h2-8,11,22H,10H2,1H3,(H,23,24)/b13-11-. The normalized spacial score (nSPS) is 10.7. The number of nitrogens with one attached hydrogen (secondary N) is 2. The minimum Gasteiger partial charge on any atom is -0.497 e. The van der Waals surface area contributed by atoms with E-state index in [1.807, 2.05) is 30.3 Å². The Labute approximate surface area is 155 Å². The second-order valence-corrected chi connectivity index (χ2v) is 5.80. The number of carbonyl (C=O) groups is 1.